The molecule has 2 aromatic rings. The number of nitrogens with one attached hydrogen (secondary N) is 1. The molecule has 0 saturated heterocycles. The molecule has 0 aliphatic rings. The summed E-state index contributed by atoms with van der Waals surface area (Å²) in [4.78, 5) is 0. The minimum absolute atomic E-state index is 0.417. The molecule has 1 unspecified atom stereocenters. The normalized spacial score (nSPS) is 12.1. The van der Waals surface area contributed by atoms with Crippen molar-refractivity contribution in [3.05, 3.63) is 64.1 Å². The Bertz CT molecular complexity index is 571. The fourth-order valence-electron chi connectivity index (χ4n) is 2.52. The molecule has 0 radical (unpaired) electrons. The van der Waals surface area contributed by atoms with Gasteiger partial charge >= 0.3 is 0 Å². The van der Waals surface area contributed by atoms with Crippen LogP contribution in [0.3, 0.4) is 0 Å². The minimum atomic E-state index is 0.417. The van der Waals surface area contributed by atoms with Crippen LogP contribution in [0.1, 0.15) is 18.1 Å². The quantitative estimate of drug-likeness (QED) is 0.809. The third-order valence-corrected chi connectivity index (χ3v) is 4.31. The number of hydrogen-bond acceptors (Lipinski definition) is 2. The van der Waals surface area contributed by atoms with Crippen LogP contribution in [0.4, 0.5) is 0 Å². The molecular weight excluding hydrogens is 326 g/mol. The molecule has 0 aliphatic carbocycles. The van der Waals surface area contributed by atoms with Crippen molar-refractivity contribution in [3.63, 3.8) is 0 Å². The fraction of sp³-hybridized carbons (Fsp3) is 0.333. The Balaban J connectivity index is 2.10. The standard InChI is InChI=1S/C18H22BrNO/c1-3-20-16(13-15-8-4-5-10-18(15)19)11-14-7-6-9-17(12-14)21-2/h4-10,12,16,20H,3,11,13H2,1-2H3. The molecule has 0 aromatic heterocycles. The van der Waals surface area contributed by atoms with Crippen LogP contribution in [0.25, 0.3) is 0 Å². The van der Waals surface area contributed by atoms with Gasteiger partial charge in [-0.3, -0.25) is 0 Å². The van der Waals surface area contributed by atoms with Crippen LogP contribution in [0.5, 0.6) is 5.75 Å². The monoisotopic (exact) mass is 347 g/mol. The second-order valence-corrected chi connectivity index (χ2v) is 5.96. The van der Waals surface area contributed by atoms with E-state index < -0.39 is 0 Å². The molecule has 2 nitrogen and oxygen atoms in total. The first-order valence-electron chi connectivity index (χ1n) is 7.32. The van der Waals surface area contributed by atoms with Gasteiger partial charge in [-0.2, -0.15) is 0 Å². The van der Waals surface area contributed by atoms with Crippen molar-refractivity contribution in [1.29, 1.82) is 0 Å². The minimum Gasteiger partial charge on any atom is -0.497 e. The third kappa shape index (κ3) is 4.87. The summed E-state index contributed by atoms with van der Waals surface area (Å²) in [6.45, 7) is 3.12. The van der Waals surface area contributed by atoms with E-state index in [1.165, 1.54) is 15.6 Å². The molecule has 0 heterocycles. The Morgan fingerprint density at radius 3 is 2.62 bits per heavy atom. The largest absolute Gasteiger partial charge is 0.497 e. The highest BCUT2D eigenvalue weighted by Crippen LogP contribution is 2.20. The summed E-state index contributed by atoms with van der Waals surface area (Å²) in [5, 5.41) is 3.58. The summed E-state index contributed by atoms with van der Waals surface area (Å²) >= 11 is 3.64. The van der Waals surface area contributed by atoms with E-state index in [4.69, 9.17) is 4.74 Å². The Morgan fingerprint density at radius 2 is 1.90 bits per heavy atom. The van der Waals surface area contributed by atoms with E-state index in [2.05, 4.69) is 70.6 Å². The highest BCUT2D eigenvalue weighted by Gasteiger charge is 2.11. The van der Waals surface area contributed by atoms with Crippen molar-refractivity contribution < 1.29 is 4.74 Å². The lowest BCUT2D eigenvalue weighted by Crippen LogP contribution is -2.33. The Morgan fingerprint density at radius 1 is 1.10 bits per heavy atom. The van der Waals surface area contributed by atoms with E-state index in [0.29, 0.717) is 6.04 Å². The van der Waals surface area contributed by atoms with E-state index >= 15 is 0 Å². The summed E-state index contributed by atoms with van der Waals surface area (Å²) < 4.78 is 6.49. The zero-order valence-corrected chi connectivity index (χ0v) is 14.2. The first-order valence-corrected chi connectivity index (χ1v) is 8.12. The highest BCUT2D eigenvalue weighted by molar-refractivity contribution is 9.10. The predicted octanol–water partition coefficient (Wildman–Crippen LogP) is 4.22. The molecule has 0 fully saturated rings. The summed E-state index contributed by atoms with van der Waals surface area (Å²) in [6, 6.07) is 17.2. The number of ether oxygens (including phenoxy) is 1. The van der Waals surface area contributed by atoms with Crippen molar-refractivity contribution in [2.75, 3.05) is 13.7 Å². The predicted molar refractivity (Wildman–Crippen MR) is 92.0 cm³/mol. The summed E-state index contributed by atoms with van der Waals surface area (Å²) in [7, 11) is 1.71. The fourth-order valence-corrected chi connectivity index (χ4v) is 2.97. The lowest BCUT2D eigenvalue weighted by atomic mass is 9.99. The molecule has 2 aromatic carbocycles. The molecule has 1 atom stereocenters. The van der Waals surface area contributed by atoms with Crippen molar-refractivity contribution in [3.8, 4) is 5.75 Å². The van der Waals surface area contributed by atoms with E-state index in [-0.39, 0.29) is 0 Å². The van der Waals surface area contributed by atoms with E-state index in [9.17, 15) is 0 Å². The van der Waals surface area contributed by atoms with Crippen LogP contribution >= 0.6 is 15.9 Å². The third-order valence-electron chi connectivity index (χ3n) is 3.53. The van der Waals surface area contributed by atoms with Gasteiger partial charge in [0.2, 0.25) is 0 Å². The zero-order chi connectivity index (χ0) is 15.1. The molecule has 112 valence electrons. The molecule has 0 saturated carbocycles. The van der Waals surface area contributed by atoms with Gasteiger partial charge in [0.25, 0.3) is 0 Å². The molecule has 2 rings (SSSR count). The maximum atomic E-state index is 5.31. The van der Waals surface area contributed by atoms with Crippen molar-refractivity contribution in [2.45, 2.75) is 25.8 Å². The van der Waals surface area contributed by atoms with Crippen LogP contribution in [-0.4, -0.2) is 19.7 Å². The van der Waals surface area contributed by atoms with Gasteiger partial charge in [-0.05, 0) is 48.7 Å². The number of hydrogen-bond donors (Lipinski definition) is 1. The van der Waals surface area contributed by atoms with Gasteiger partial charge in [0.1, 0.15) is 5.75 Å². The number of likely N-dealkylation sites (N-methyl/N-ethyl adjacent to an activating group) is 1. The topological polar surface area (TPSA) is 21.3 Å². The number of benzene rings is 2. The van der Waals surface area contributed by atoms with Gasteiger partial charge in [-0.1, -0.05) is 53.2 Å². The maximum Gasteiger partial charge on any atom is 0.119 e. The molecule has 0 spiro atoms. The van der Waals surface area contributed by atoms with Gasteiger partial charge in [0.15, 0.2) is 0 Å². The van der Waals surface area contributed by atoms with E-state index in [0.717, 1.165) is 25.1 Å². The molecule has 0 bridgehead atoms. The number of halogens is 1. The van der Waals surface area contributed by atoms with Crippen LogP contribution in [-0.2, 0) is 12.8 Å². The second kappa shape index (κ2) is 8.20. The molecule has 3 heteroatoms. The SMILES string of the molecule is CCNC(Cc1cccc(OC)c1)Cc1ccccc1Br. The van der Waals surface area contributed by atoms with Crippen LogP contribution in [0.15, 0.2) is 53.0 Å². The maximum absolute atomic E-state index is 5.31. The van der Waals surface area contributed by atoms with Gasteiger partial charge in [-0.25, -0.2) is 0 Å². The molecule has 1 N–H and O–H groups in total. The smallest absolute Gasteiger partial charge is 0.119 e. The van der Waals surface area contributed by atoms with E-state index in [1.807, 2.05) is 6.07 Å². The Labute approximate surface area is 135 Å². The van der Waals surface area contributed by atoms with E-state index in [1.54, 1.807) is 7.11 Å². The average Bonchev–Trinajstić information content (AvgIpc) is 2.50. The van der Waals surface area contributed by atoms with Crippen LogP contribution < -0.4 is 10.1 Å². The highest BCUT2D eigenvalue weighted by atomic mass is 79.9. The molecule has 21 heavy (non-hydrogen) atoms. The van der Waals surface area contributed by atoms with Crippen molar-refractivity contribution >= 4 is 15.9 Å². The zero-order valence-electron chi connectivity index (χ0n) is 12.6. The molecular formula is C18H22BrNO. The lowest BCUT2D eigenvalue weighted by Gasteiger charge is -2.19. The second-order valence-electron chi connectivity index (χ2n) is 5.11. The van der Waals surface area contributed by atoms with Gasteiger partial charge in [-0.15, -0.1) is 0 Å². The summed E-state index contributed by atoms with van der Waals surface area (Å²) in [5.41, 5.74) is 2.64. The van der Waals surface area contributed by atoms with Crippen molar-refractivity contribution in [2.24, 2.45) is 0 Å². The number of methoxy groups -OCH3 is 1. The molecule has 0 aliphatic heterocycles. The first-order chi connectivity index (χ1) is 10.2. The summed E-state index contributed by atoms with van der Waals surface area (Å²) in [5.74, 6) is 0.920. The van der Waals surface area contributed by atoms with Gasteiger partial charge in [0, 0.05) is 10.5 Å². The van der Waals surface area contributed by atoms with Crippen LogP contribution in [0, 0.1) is 0 Å². The van der Waals surface area contributed by atoms with Gasteiger partial charge in [0.05, 0.1) is 7.11 Å². The summed E-state index contributed by atoms with van der Waals surface area (Å²) in [6.07, 6.45) is 2.00. The van der Waals surface area contributed by atoms with Crippen LogP contribution in [0.2, 0.25) is 0 Å². The van der Waals surface area contributed by atoms with Gasteiger partial charge < -0.3 is 10.1 Å². The lowest BCUT2D eigenvalue weighted by molar-refractivity contribution is 0.413. The van der Waals surface area contributed by atoms with Crippen molar-refractivity contribution in [1.82, 2.24) is 5.32 Å². The average molecular weight is 348 g/mol. The first kappa shape index (κ1) is 16.1. The molecule has 0 amide bonds. The Hall–Kier alpha value is -1.32. The number of rotatable bonds is 7. The Kier molecular flexibility index (Phi) is 6.27.